The summed E-state index contributed by atoms with van der Waals surface area (Å²) in [6, 6.07) is 10.9. The molecule has 21 heavy (non-hydrogen) atoms. The van der Waals surface area contributed by atoms with Crippen LogP contribution in [0, 0.1) is 0 Å². The molecule has 2 aromatic heterocycles. The van der Waals surface area contributed by atoms with Crippen LogP contribution in [0.3, 0.4) is 0 Å². The Morgan fingerprint density at radius 3 is 3.14 bits per heavy atom. The number of aromatic nitrogens is 3. The fourth-order valence-corrected chi connectivity index (χ4v) is 2.93. The van der Waals surface area contributed by atoms with E-state index in [1.165, 1.54) is 22.9 Å². The van der Waals surface area contributed by atoms with Crippen LogP contribution in [0.25, 0.3) is 10.9 Å². The van der Waals surface area contributed by atoms with E-state index < -0.39 is 0 Å². The molecule has 3 aromatic rings. The molecule has 1 aliphatic heterocycles. The van der Waals surface area contributed by atoms with Crippen LogP contribution in [-0.4, -0.2) is 21.7 Å². The minimum absolute atomic E-state index is 0. The maximum atomic E-state index is 4.75. The Hall–Kier alpha value is -2.36. The molecule has 0 unspecified atom stereocenters. The van der Waals surface area contributed by atoms with Crippen LogP contribution in [0.1, 0.15) is 26.1 Å². The maximum Gasteiger partial charge on any atom is 0.129 e. The third-order valence-electron chi connectivity index (χ3n) is 4.13. The lowest BCUT2D eigenvalue weighted by atomic mass is 10.0. The third kappa shape index (κ3) is 2.49. The summed E-state index contributed by atoms with van der Waals surface area (Å²) in [5.74, 6) is 1.09. The number of hydrogen-bond donors (Lipinski definition) is 2. The van der Waals surface area contributed by atoms with Gasteiger partial charge in [-0.05, 0) is 55.0 Å². The molecular formula is C17H22N4. The molecule has 0 spiro atoms. The Kier molecular flexibility index (Phi) is 3.07. The number of aryl methyl sites for hydroxylation is 3. The summed E-state index contributed by atoms with van der Waals surface area (Å²) in [6.45, 7) is 1.04. The molecule has 0 bridgehead atoms. The van der Waals surface area contributed by atoms with E-state index >= 15 is 0 Å². The standard InChI is InChI=1S/C17H18N4.2H2/c1-2-13-5-7-15(20-17(13)18-9-1)6-3-12-4-8-16-14(10-12)11-19-21-16;;/h4-5,7-8,10-11H,1-3,6,9H2,(H,18,20)(H,19,21);2*1H. The molecule has 0 radical (unpaired) electrons. The van der Waals surface area contributed by atoms with Crippen molar-refractivity contribution in [2.75, 3.05) is 11.9 Å². The van der Waals surface area contributed by atoms with Crippen LogP contribution < -0.4 is 5.32 Å². The van der Waals surface area contributed by atoms with E-state index in [9.17, 15) is 0 Å². The summed E-state index contributed by atoms with van der Waals surface area (Å²) < 4.78 is 0. The summed E-state index contributed by atoms with van der Waals surface area (Å²) in [7, 11) is 0. The second-order valence-electron chi connectivity index (χ2n) is 5.63. The quantitative estimate of drug-likeness (QED) is 0.772. The van der Waals surface area contributed by atoms with Crippen molar-refractivity contribution in [2.45, 2.75) is 25.7 Å². The largest absolute Gasteiger partial charge is 0.370 e. The van der Waals surface area contributed by atoms with Gasteiger partial charge in [0.1, 0.15) is 5.82 Å². The number of pyridine rings is 1. The first-order valence-electron chi connectivity index (χ1n) is 7.53. The average Bonchev–Trinajstić information content (AvgIpc) is 3.00. The molecule has 0 aliphatic carbocycles. The number of nitrogens with zero attached hydrogens (tertiary/aromatic N) is 2. The minimum Gasteiger partial charge on any atom is -0.370 e. The fourth-order valence-electron chi connectivity index (χ4n) is 2.93. The highest BCUT2D eigenvalue weighted by Gasteiger charge is 2.10. The predicted molar refractivity (Wildman–Crippen MR) is 88.8 cm³/mol. The molecule has 0 saturated heterocycles. The minimum atomic E-state index is 0. The van der Waals surface area contributed by atoms with Gasteiger partial charge in [0, 0.05) is 20.5 Å². The number of nitrogens with one attached hydrogen (secondary N) is 2. The highest BCUT2D eigenvalue weighted by atomic mass is 15.1. The van der Waals surface area contributed by atoms with E-state index in [0.29, 0.717) is 0 Å². The topological polar surface area (TPSA) is 53.6 Å². The number of rotatable bonds is 3. The monoisotopic (exact) mass is 282 g/mol. The van der Waals surface area contributed by atoms with E-state index in [1.807, 2.05) is 6.20 Å². The SMILES string of the molecule is [HH].[HH].c1cc2[nH]ncc2cc1CCc1ccc2c(n1)NCCC2. The van der Waals surface area contributed by atoms with Gasteiger partial charge in [-0.15, -0.1) is 0 Å². The lowest BCUT2D eigenvalue weighted by Crippen LogP contribution is -2.14. The number of fused-ring (bicyclic) bond motifs is 2. The molecule has 0 atom stereocenters. The lowest BCUT2D eigenvalue weighted by molar-refractivity contribution is 0.806. The molecular weight excluding hydrogens is 260 g/mol. The Balaban J connectivity index is 0.000000960. The molecule has 0 amide bonds. The number of benzene rings is 1. The van der Waals surface area contributed by atoms with Crippen LogP contribution in [0.15, 0.2) is 36.5 Å². The summed E-state index contributed by atoms with van der Waals surface area (Å²) in [4.78, 5) is 4.75. The van der Waals surface area contributed by atoms with Gasteiger partial charge in [0.15, 0.2) is 0 Å². The zero-order valence-electron chi connectivity index (χ0n) is 11.9. The third-order valence-corrected chi connectivity index (χ3v) is 4.13. The molecule has 1 aromatic carbocycles. The number of hydrogen-bond acceptors (Lipinski definition) is 3. The van der Waals surface area contributed by atoms with Crippen molar-refractivity contribution in [2.24, 2.45) is 0 Å². The van der Waals surface area contributed by atoms with Crippen molar-refractivity contribution < 1.29 is 2.85 Å². The Labute approximate surface area is 126 Å². The summed E-state index contributed by atoms with van der Waals surface area (Å²) in [6.07, 6.45) is 6.20. The molecule has 4 rings (SSSR count). The summed E-state index contributed by atoms with van der Waals surface area (Å²) in [5.41, 5.74) is 4.94. The Morgan fingerprint density at radius 2 is 2.14 bits per heavy atom. The zero-order valence-corrected chi connectivity index (χ0v) is 11.9. The molecule has 0 saturated carbocycles. The first-order valence-corrected chi connectivity index (χ1v) is 7.53. The van der Waals surface area contributed by atoms with E-state index in [2.05, 4.69) is 45.8 Å². The fraction of sp³-hybridized carbons (Fsp3) is 0.294. The Morgan fingerprint density at radius 1 is 1.14 bits per heavy atom. The van der Waals surface area contributed by atoms with E-state index in [4.69, 9.17) is 4.98 Å². The van der Waals surface area contributed by atoms with Crippen molar-refractivity contribution >= 4 is 16.7 Å². The Bertz CT molecular complexity index is 785. The smallest absolute Gasteiger partial charge is 0.129 e. The predicted octanol–water partition coefficient (Wildman–Crippen LogP) is 3.59. The van der Waals surface area contributed by atoms with Crippen molar-refractivity contribution in [3.63, 3.8) is 0 Å². The average molecular weight is 282 g/mol. The van der Waals surface area contributed by atoms with Gasteiger partial charge in [0.05, 0.1) is 11.7 Å². The zero-order chi connectivity index (χ0) is 14.1. The van der Waals surface area contributed by atoms with Gasteiger partial charge in [-0.1, -0.05) is 12.1 Å². The first-order chi connectivity index (χ1) is 10.4. The second-order valence-corrected chi connectivity index (χ2v) is 5.63. The van der Waals surface area contributed by atoms with Gasteiger partial charge in [0.2, 0.25) is 0 Å². The summed E-state index contributed by atoms with van der Waals surface area (Å²) in [5, 5.41) is 11.6. The maximum absolute atomic E-state index is 4.75. The van der Waals surface area contributed by atoms with Gasteiger partial charge in [-0.3, -0.25) is 5.10 Å². The van der Waals surface area contributed by atoms with Crippen molar-refractivity contribution in [3.05, 3.63) is 53.3 Å². The van der Waals surface area contributed by atoms with Crippen molar-refractivity contribution in [3.8, 4) is 0 Å². The lowest BCUT2D eigenvalue weighted by Gasteiger charge is -2.17. The molecule has 110 valence electrons. The van der Waals surface area contributed by atoms with Gasteiger partial charge in [-0.25, -0.2) is 4.98 Å². The van der Waals surface area contributed by atoms with Crippen LogP contribution in [-0.2, 0) is 19.3 Å². The number of H-pyrrole nitrogens is 1. The van der Waals surface area contributed by atoms with Gasteiger partial charge < -0.3 is 5.32 Å². The molecule has 1 aliphatic rings. The highest BCUT2D eigenvalue weighted by molar-refractivity contribution is 5.78. The molecule has 2 N–H and O–H groups in total. The second kappa shape index (κ2) is 5.20. The number of aromatic amines is 1. The van der Waals surface area contributed by atoms with E-state index in [-0.39, 0.29) is 2.85 Å². The first kappa shape index (κ1) is 12.4. The van der Waals surface area contributed by atoms with Crippen molar-refractivity contribution in [1.82, 2.24) is 15.2 Å². The van der Waals surface area contributed by atoms with Gasteiger partial charge in [0.25, 0.3) is 0 Å². The van der Waals surface area contributed by atoms with Crippen LogP contribution in [0.4, 0.5) is 5.82 Å². The summed E-state index contributed by atoms with van der Waals surface area (Å²) >= 11 is 0. The highest BCUT2D eigenvalue weighted by Crippen LogP contribution is 2.20. The van der Waals surface area contributed by atoms with Gasteiger partial charge >= 0.3 is 0 Å². The molecule has 3 heterocycles. The van der Waals surface area contributed by atoms with Crippen LogP contribution >= 0.6 is 0 Å². The molecule has 0 fully saturated rings. The van der Waals surface area contributed by atoms with Crippen LogP contribution in [0.2, 0.25) is 0 Å². The van der Waals surface area contributed by atoms with Crippen LogP contribution in [0.5, 0.6) is 0 Å². The van der Waals surface area contributed by atoms with E-state index in [0.717, 1.165) is 42.8 Å². The number of anilines is 1. The molecule has 4 heteroatoms. The molecule has 4 nitrogen and oxygen atoms in total. The normalized spacial score (nSPS) is 13.9. The van der Waals surface area contributed by atoms with Crippen molar-refractivity contribution in [1.29, 1.82) is 0 Å². The van der Waals surface area contributed by atoms with Gasteiger partial charge in [-0.2, -0.15) is 5.10 Å². The van der Waals surface area contributed by atoms with E-state index in [1.54, 1.807) is 0 Å².